The Morgan fingerprint density at radius 1 is 0.947 bits per heavy atom. The molecule has 9 nitrogen and oxygen atoms in total. The molecule has 0 unspecified atom stereocenters. The van der Waals surface area contributed by atoms with E-state index in [0.717, 1.165) is 24.1 Å². The van der Waals surface area contributed by atoms with Crippen molar-refractivity contribution in [2.45, 2.75) is 25.5 Å². The fourth-order valence-corrected chi connectivity index (χ4v) is 4.52. The SMILES string of the molecule is Nc1ncnc2c1c(-c1ccc(Oc3cc(F)cc(OCc4ccccn4)c3)cc1)nn2C1CCOCC1. The summed E-state index contributed by atoms with van der Waals surface area (Å²) < 4.78 is 33.4. The van der Waals surface area contributed by atoms with Gasteiger partial charge in [0.05, 0.1) is 17.1 Å². The second-order valence-electron chi connectivity index (χ2n) is 8.95. The number of hydrogen-bond donors (Lipinski definition) is 1. The van der Waals surface area contributed by atoms with Crippen LogP contribution in [0.1, 0.15) is 24.6 Å². The topological polar surface area (TPSA) is 110 Å². The molecule has 1 aliphatic rings. The van der Waals surface area contributed by atoms with Crippen LogP contribution in [0.15, 0.2) is 73.2 Å². The van der Waals surface area contributed by atoms with E-state index >= 15 is 0 Å². The summed E-state index contributed by atoms with van der Waals surface area (Å²) in [5, 5.41) is 5.61. The van der Waals surface area contributed by atoms with Gasteiger partial charge in [-0.3, -0.25) is 4.98 Å². The van der Waals surface area contributed by atoms with Crippen LogP contribution in [0.2, 0.25) is 0 Å². The highest BCUT2D eigenvalue weighted by Gasteiger charge is 2.24. The highest BCUT2D eigenvalue weighted by atomic mass is 19.1. The number of halogens is 1. The van der Waals surface area contributed by atoms with Crippen LogP contribution >= 0.6 is 0 Å². The number of benzene rings is 2. The molecule has 1 aliphatic heterocycles. The Kier molecular flexibility index (Phi) is 6.53. The highest BCUT2D eigenvalue weighted by molar-refractivity contribution is 5.98. The number of nitrogen functional groups attached to an aromatic ring is 1. The van der Waals surface area contributed by atoms with Crippen molar-refractivity contribution in [2.75, 3.05) is 18.9 Å². The minimum atomic E-state index is -0.462. The number of aromatic nitrogens is 5. The third-order valence-electron chi connectivity index (χ3n) is 6.38. The molecule has 2 N–H and O–H groups in total. The average Bonchev–Trinajstić information content (AvgIpc) is 3.34. The van der Waals surface area contributed by atoms with E-state index in [9.17, 15) is 4.39 Å². The molecule has 0 aliphatic carbocycles. The molecule has 38 heavy (non-hydrogen) atoms. The zero-order chi connectivity index (χ0) is 25.9. The maximum absolute atomic E-state index is 14.3. The second-order valence-corrected chi connectivity index (χ2v) is 8.95. The van der Waals surface area contributed by atoms with E-state index in [1.54, 1.807) is 24.4 Å². The lowest BCUT2D eigenvalue weighted by Gasteiger charge is -2.22. The van der Waals surface area contributed by atoms with Crippen molar-refractivity contribution in [3.8, 4) is 28.5 Å². The van der Waals surface area contributed by atoms with Gasteiger partial charge in [-0.2, -0.15) is 5.10 Å². The van der Waals surface area contributed by atoms with Crippen molar-refractivity contribution < 1.29 is 18.6 Å². The van der Waals surface area contributed by atoms with Crippen LogP contribution in [0.5, 0.6) is 17.2 Å². The Morgan fingerprint density at radius 2 is 1.76 bits per heavy atom. The zero-order valence-corrected chi connectivity index (χ0v) is 20.5. The van der Waals surface area contributed by atoms with Crippen LogP contribution in [0.4, 0.5) is 10.2 Å². The summed E-state index contributed by atoms with van der Waals surface area (Å²) in [5.41, 5.74) is 9.25. The first-order valence-electron chi connectivity index (χ1n) is 12.3. The molecule has 0 atom stereocenters. The molecule has 5 aromatic rings. The van der Waals surface area contributed by atoms with Gasteiger partial charge in [-0.1, -0.05) is 6.07 Å². The molecule has 6 rings (SSSR count). The van der Waals surface area contributed by atoms with Crippen LogP contribution in [0.3, 0.4) is 0 Å². The molecule has 0 spiro atoms. The number of fused-ring (bicyclic) bond motifs is 1. The number of hydrogen-bond acceptors (Lipinski definition) is 8. The maximum Gasteiger partial charge on any atom is 0.164 e. The zero-order valence-electron chi connectivity index (χ0n) is 20.5. The summed E-state index contributed by atoms with van der Waals surface area (Å²) in [6.45, 7) is 1.59. The van der Waals surface area contributed by atoms with E-state index in [4.69, 9.17) is 25.0 Å². The van der Waals surface area contributed by atoms with Crippen molar-refractivity contribution in [1.82, 2.24) is 24.7 Å². The first-order valence-corrected chi connectivity index (χ1v) is 12.3. The smallest absolute Gasteiger partial charge is 0.164 e. The van der Waals surface area contributed by atoms with Gasteiger partial charge in [-0.05, 0) is 49.2 Å². The fraction of sp³-hybridized carbons (Fsp3) is 0.214. The Morgan fingerprint density at radius 3 is 2.55 bits per heavy atom. The molecule has 192 valence electrons. The first kappa shape index (κ1) is 23.8. The molecule has 0 amide bonds. The lowest BCUT2D eigenvalue weighted by atomic mass is 10.1. The summed E-state index contributed by atoms with van der Waals surface area (Å²) >= 11 is 0. The Balaban J connectivity index is 1.24. The number of anilines is 1. The molecule has 0 radical (unpaired) electrons. The predicted molar refractivity (Wildman–Crippen MR) is 139 cm³/mol. The predicted octanol–water partition coefficient (Wildman–Crippen LogP) is 5.33. The maximum atomic E-state index is 14.3. The summed E-state index contributed by atoms with van der Waals surface area (Å²) in [5.74, 6) is 1.12. The van der Waals surface area contributed by atoms with Gasteiger partial charge >= 0.3 is 0 Å². The minimum Gasteiger partial charge on any atom is -0.487 e. The highest BCUT2D eigenvalue weighted by Crippen LogP contribution is 2.35. The largest absolute Gasteiger partial charge is 0.487 e. The van der Waals surface area contributed by atoms with E-state index in [2.05, 4.69) is 15.0 Å². The van der Waals surface area contributed by atoms with Crippen LogP contribution < -0.4 is 15.2 Å². The standard InChI is InChI=1S/C28H25FN6O3/c29-19-13-23(37-16-20-3-1-2-10-31-20)15-24(14-19)38-22-6-4-18(5-7-22)26-25-27(30)32-17-33-28(25)35(34-26)21-8-11-36-12-9-21/h1-7,10,13-15,17,21H,8-9,11-12,16H2,(H2,30,32,33). The van der Waals surface area contributed by atoms with Crippen molar-refractivity contribution >= 4 is 16.9 Å². The van der Waals surface area contributed by atoms with E-state index in [0.29, 0.717) is 53.0 Å². The van der Waals surface area contributed by atoms with E-state index in [1.165, 1.54) is 18.5 Å². The monoisotopic (exact) mass is 512 g/mol. The number of pyridine rings is 1. The first-order chi connectivity index (χ1) is 18.6. The van der Waals surface area contributed by atoms with Gasteiger partial charge in [-0.15, -0.1) is 0 Å². The van der Waals surface area contributed by atoms with Gasteiger partial charge in [0.2, 0.25) is 0 Å². The lowest BCUT2D eigenvalue weighted by Crippen LogP contribution is -2.20. The third kappa shape index (κ3) is 4.98. The minimum absolute atomic E-state index is 0.180. The van der Waals surface area contributed by atoms with E-state index in [-0.39, 0.29) is 12.6 Å². The molecular weight excluding hydrogens is 487 g/mol. The van der Waals surface area contributed by atoms with Gasteiger partial charge in [0, 0.05) is 43.2 Å². The summed E-state index contributed by atoms with van der Waals surface area (Å²) in [4.78, 5) is 12.9. The number of nitrogens with two attached hydrogens (primary N) is 1. The van der Waals surface area contributed by atoms with E-state index < -0.39 is 5.82 Å². The summed E-state index contributed by atoms with van der Waals surface area (Å²) in [6, 6.07) is 17.3. The molecule has 3 aromatic heterocycles. The van der Waals surface area contributed by atoms with Gasteiger partial charge in [-0.25, -0.2) is 19.0 Å². The molecule has 0 saturated carbocycles. The van der Waals surface area contributed by atoms with Crippen molar-refractivity contribution in [1.29, 1.82) is 0 Å². The fourth-order valence-electron chi connectivity index (χ4n) is 4.52. The Hall–Kier alpha value is -4.57. The Labute approximate surface area is 218 Å². The van der Waals surface area contributed by atoms with Gasteiger partial charge < -0.3 is 19.9 Å². The van der Waals surface area contributed by atoms with Crippen LogP contribution in [-0.2, 0) is 11.3 Å². The molecule has 0 bridgehead atoms. The number of rotatable bonds is 7. The van der Waals surface area contributed by atoms with Gasteiger partial charge in [0.1, 0.15) is 47.5 Å². The number of nitrogens with zero attached hydrogens (tertiary/aromatic N) is 5. The quantitative estimate of drug-likeness (QED) is 0.311. The van der Waals surface area contributed by atoms with Crippen LogP contribution in [-0.4, -0.2) is 37.9 Å². The van der Waals surface area contributed by atoms with Gasteiger partial charge in [0.25, 0.3) is 0 Å². The second kappa shape index (κ2) is 10.4. The summed E-state index contributed by atoms with van der Waals surface area (Å²) in [7, 11) is 0. The van der Waals surface area contributed by atoms with Crippen LogP contribution in [0.25, 0.3) is 22.3 Å². The normalized spacial score (nSPS) is 14.0. The van der Waals surface area contributed by atoms with E-state index in [1.807, 2.05) is 35.0 Å². The molecule has 1 fully saturated rings. The van der Waals surface area contributed by atoms with Gasteiger partial charge in [0.15, 0.2) is 5.65 Å². The molecule has 4 heterocycles. The summed E-state index contributed by atoms with van der Waals surface area (Å²) in [6.07, 6.45) is 4.85. The molecular formula is C28H25FN6O3. The van der Waals surface area contributed by atoms with Crippen molar-refractivity contribution in [3.05, 3.63) is 84.7 Å². The average molecular weight is 513 g/mol. The molecule has 10 heteroatoms. The van der Waals surface area contributed by atoms with Crippen molar-refractivity contribution in [3.63, 3.8) is 0 Å². The van der Waals surface area contributed by atoms with Crippen molar-refractivity contribution in [2.24, 2.45) is 0 Å². The Bertz CT molecular complexity index is 1550. The molecule has 2 aromatic carbocycles. The lowest BCUT2D eigenvalue weighted by molar-refractivity contribution is 0.0674. The molecule has 1 saturated heterocycles. The third-order valence-corrected chi connectivity index (χ3v) is 6.38. The number of ether oxygens (including phenoxy) is 3. The van der Waals surface area contributed by atoms with Crippen LogP contribution in [0, 0.1) is 5.82 Å².